The molecule has 2 amide bonds. The van der Waals surface area contributed by atoms with E-state index in [4.69, 9.17) is 0 Å². The van der Waals surface area contributed by atoms with Crippen molar-refractivity contribution in [2.24, 2.45) is 11.8 Å². The van der Waals surface area contributed by atoms with E-state index in [0.29, 0.717) is 0 Å². The van der Waals surface area contributed by atoms with Crippen LogP contribution in [0.25, 0.3) is 0 Å². The molecule has 0 aromatic rings. The van der Waals surface area contributed by atoms with E-state index in [0.717, 1.165) is 28.8 Å². The Bertz CT molecular complexity index is 619. The van der Waals surface area contributed by atoms with E-state index in [2.05, 4.69) is 0 Å². The molecule has 2 atom stereocenters. The topological polar surface area (TPSA) is 91.8 Å². The van der Waals surface area contributed by atoms with Gasteiger partial charge in [0.25, 0.3) is 5.24 Å². The lowest BCUT2D eigenvalue weighted by molar-refractivity contribution is -0.127. The molecule has 0 spiro atoms. The van der Waals surface area contributed by atoms with Crippen LogP contribution in [0.2, 0.25) is 0 Å². The van der Waals surface area contributed by atoms with Crippen LogP contribution < -0.4 is 0 Å². The largest absolute Gasteiger partial charge is 0.504 e. The first kappa shape index (κ1) is 16.5. The van der Waals surface area contributed by atoms with Crippen molar-refractivity contribution in [3.63, 3.8) is 0 Å². The van der Waals surface area contributed by atoms with Crippen molar-refractivity contribution in [1.82, 2.24) is 4.90 Å². The predicted octanol–water partition coefficient (Wildman–Crippen LogP) is 1.86. The number of carbonyl (C=O) groups excluding carboxylic acids is 4. The standard InChI is InChI=1S/C15H17NO5S/c1-7(2)13-14(20)16(15(21)22-13)6-8(3)10-4-9(17)5-11(18)12(10)19/h4-5,7-8,13,18H,6H2,1-3H3. The van der Waals surface area contributed by atoms with Crippen LogP contribution in [-0.4, -0.2) is 44.5 Å². The first-order valence-corrected chi connectivity index (χ1v) is 7.83. The number of carbonyl (C=O) groups is 4. The van der Waals surface area contributed by atoms with Crippen molar-refractivity contribution in [2.45, 2.75) is 26.0 Å². The Morgan fingerprint density at radius 3 is 2.36 bits per heavy atom. The smallest absolute Gasteiger partial charge is 0.289 e. The number of ketones is 2. The molecule has 2 unspecified atom stereocenters. The van der Waals surface area contributed by atoms with Crippen molar-refractivity contribution in [3.05, 3.63) is 23.5 Å². The monoisotopic (exact) mass is 323 g/mol. The molecule has 2 aliphatic rings. The number of amides is 2. The Morgan fingerprint density at radius 1 is 1.18 bits per heavy atom. The number of thioether (sulfide) groups is 1. The summed E-state index contributed by atoms with van der Waals surface area (Å²) in [6, 6.07) is 0. The molecule has 6 nitrogen and oxygen atoms in total. The van der Waals surface area contributed by atoms with Crippen LogP contribution in [0.1, 0.15) is 20.8 Å². The molecule has 1 fully saturated rings. The van der Waals surface area contributed by atoms with Crippen LogP contribution in [0.4, 0.5) is 4.79 Å². The van der Waals surface area contributed by atoms with Crippen molar-refractivity contribution in [1.29, 1.82) is 0 Å². The third-order valence-electron chi connectivity index (χ3n) is 3.62. The Labute approximate surface area is 132 Å². The van der Waals surface area contributed by atoms with E-state index in [1.807, 2.05) is 13.8 Å². The molecule has 0 aromatic heterocycles. The number of Topliss-reactive ketones (excluding diaryl/α,β-unsaturated/α-hetero) is 1. The average Bonchev–Trinajstić information content (AvgIpc) is 2.70. The number of aliphatic hydroxyl groups is 1. The summed E-state index contributed by atoms with van der Waals surface area (Å²) in [7, 11) is 0. The zero-order valence-electron chi connectivity index (χ0n) is 12.5. The molecule has 1 aliphatic carbocycles. The minimum absolute atomic E-state index is 0.0199. The molecule has 1 saturated heterocycles. The number of hydrogen-bond acceptors (Lipinski definition) is 6. The number of hydrogen-bond donors (Lipinski definition) is 1. The molecular formula is C15H17NO5S. The number of aliphatic hydroxyl groups excluding tert-OH is 1. The van der Waals surface area contributed by atoms with Gasteiger partial charge < -0.3 is 5.11 Å². The fourth-order valence-corrected chi connectivity index (χ4v) is 3.41. The van der Waals surface area contributed by atoms with Gasteiger partial charge in [-0.2, -0.15) is 0 Å². The molecule has 1 heterocycles. The fourth-order valence-electron chi connectivity index (χ4n) is 2.40. The molecule has 22 heavy (non-hydrogen) atoms. The van der Waals surface area contributed by atoms with Gasteiger partial charge >= 0.3 is 0 Å². The highest BCUT2D eigenvalue weighted by Crippen LogP contribution is 2.33. The van der Waals surface area contributed by atoms with Gasteiger partial charge in [-0.15, -0.1) is 0 Å². The molecule has 0 bridgehead atoms. The van der Waals surface area contributed by atoms with E-state index in [1.54, 1.807) is 6.92 Å². The normalized spacial score (nSPS) is 24.0. The Hall–Kier alpha value is -1.89. The summed E-state index contributed by atoms with van der Waals surface area (Å²) in [6.07, 6.45) is 2.00. The average molecular weight is 323 g/mol. The maximum Gasteiger partial charge on any atom is 0.289 e. The third kappa shape index (κ3) is 2.99. The highest BCUT2D eigenvalue weighted by Gasteiger charge is 2.42. The van der Waals surface area contributed by atoms with Crippen molar-refractivity contribution < 1.29 is 24.3 Å². The summed E-state index contributed by atoms with van der Waals surface area (Å²) in [5, 5.41) is 8.69. The summed E-state index contributed by atoms with van der Waals surface area (Å²) >= 11 is 0.986. The van der Waals surface area contributed by atoms with Gasteiger partial charge in [0.2, 0.25) is 11.7 Å². The number of imide groups is 1. The number of nitrogens with zero attached hydrogens (tertiary/aromatic N) is 1. The van der Waals surface area contributed by atoms with Crippen LogP contribution in [0.15, 0.2) is 23.5 Å². The van der Waals surface area contributed by atoms with Crippen molar-refractivity contribution >= 4 is 34.5 Å². The molecule has 1 N–H and O–H groups in total. The Morgan fingerprint density at radius 2 is 1.82 bits per heavy atom. The molecule has 0 saturated carbocycles. The molecule has 118 valence electrons. The van der Waals surface area contributed by atoms with Gasteiger partial charge in [0, 0.05) is 24.1 Å². The summed E-state index contributed by atoms with van der Waals surface area (Å²) in [5.41, 5.74) is 0.114. The Balaban J connectivity index is 2.14. The highest BCUT2D eigenvalue weighted by atomic mass is 32.2. The van der Waals surface area contributed by atoms with Crippen LogP contribution in [0.3, 0.4) is 0 Å². The van der Waals surface area contributed by atoms with Crippen LogP contribution in [0.5, 0.6) is 0 Å². The van der Waals surface area contributed by atoms with Gasteiger partial charge in [-0.25, -0.2) is 0 Å². The quantitative estimate of drug-likeness (QED) is 0.794. The van der Waals surface area contributed by atoms with Gasteiger partial charge in [0.05, 0.1) is 5.25 Å². The van der Waals surface area contributed by atoms with Crippen LogP contribution in [0, 0.1) is 11.8 Å². The third-order valence-corrected chi connectivity index (χ3v) is 5.04. The fraction of sp³-hybridized carbons (Fsp3) is 0.467. The lowest BCUT2D eigenvalue weighted by atomic mass is 9.91. The summed E-state index contributed by atoms with van der Waals surface area (Å²) < 4.78 is 0. The van der Waals surface area contributed by atoms with E-state index in [1.165, 1.54) is 0 Å². The van der Waals surface area contributed by atoms with Crippen LogP contribution in [-0.2, 0) is 14.4 Å². The first-order chi connectivity index (χ1) is 10.2. The second kappa shape index (κ2) is 6.08. The van der Waals surface area contributed by atoms with E-state index < -0.39 is 28.5 Å². The second-order valence-corrected chi connectivity index (χ2v) is 6.85. The number of rotatable bonds is 4. The lowest BCUT2D eigenvalue weighted by Crippen LogP contribution is -2.37. The molecule has 1 aliphatic heterocycles. The summed E-state index contributed by atoms with van der Waals surface area (Å²) in [5.74, 6) is -2.49. The highest BCUT2D eigenvalue weighted by molar-refractivity contribution is 8.15. The first-order valence-electron chi connectivity index (χ1n) is 6.95. The molecular weight excluding hydrogens is 306 g/mol. The summed E-state index contributed by atoms with van der Waals surface area (Å²) in [4.78, 5) is 48.6. The van der Waals surface area contributed by atoms with Gasteiger partial charge in [0.1, 0.15) is 0 Å². The van der Waals surface area contributed by atoms with Gasteiger partial charge in [0.15, 0.2) is 11.5 Å². The Kier molecular flexibility index (Phi) is 4.55. The van der Waals surface area contributed by atoms with Gasteiger partial charge in [-0.05, 0) is 12.0 Å². The molecule has 2 rings (SSSR count). The van der Waals surface area contributed by atoms with E-state index >= 15 is 0 Å². The van der Waals surface area contributed by atoms with Gasteiger partial charge in [-0.1, -0.05) is 32.5 Å². The molecule has 0 radical (unpaired) electrons. The van der Waals surface area contributed by atoms with Crippen molar-refractivity contribution in [2.75, 3.05) is 6.54 Å². The SMILES string of the molecule is CC(CN1C(=O)SC(C(C)C)C1=O)C1=CC(=O)C=C(O)C1=O. The minimum atomic E-state index is -0.640. The number of allylic oxidation sites excluding steroid dienone is 3. The maximum absolute atomic E-state index is 12.2. The second-order valence-electron chi connectivity index (χ2n) is 5.76. The summed E-state index contributed by atoms with van der Waals surface area (Å²) in [6.45, 7) is 5.39. The zero-order chi connectivity index (χ0) is 16.6. The lowest BCUT2D eigenvalue weighted by Gasteiger charge is -2.22. The molecule has 7 heteroatoms. The van der Waals surface area contributed by atoms with E-state index in [9.17, 15) is 24.3 Å². The molecule has 0 aromatic carbocycles. The predicted molar refractivity (Wildman–Crippen MR) is 81.3 cm³/mol. The maximum atomic E-state index is 12.2. The van der Waals surface area contributed by atoms with E-state index in [-0.39, 0.29) is 29.2 Å². The van der Waals surface area contributed by atoms with Crippen LogP contribution >= 0.6 is 11.8 Å². The zero-order valence-corrected chi connectivity index (χ0v) is 13.3. The van der Waals surface area contributed by atoms with Gasteiger partial charge in [-0.3, -0.25) is 24.1 Å². The van der Waals surface area contributed by atoms with Crippen molar-refractivity contribution in [3.8, 4) is 0 Å². The minimum Gasteiger partial charge on any atom is -0.504 e.